The molecule has 0 spiro atoms. The molecule has 0 aliphatic heterocycles. The molecule has 0 saturated carbocycles. The van der Waals surface area contributed by atoms with E-state index in [-0.39, 0.29) is 24.2 Å². The third-order valence-corrected chi connectivity index (χ3v) is 3.10. The summed E-state index contributed by atoms with van der Waals surface area (Å²) >= 11 is 0. The summed E-state index contributed by atoms with van der Waals surface area (Å²) in [5, 5.41) is 5.94. The number of pyridine rings is 1. The van der Waals surface area contributed by atoms with Crippen molar-refractivity contribution >= 4 is 35.5 Å². The van der Waals surface area contributed by atoms with Gasteiger partial charge in [-0.3, -0.25) is 4.79 Å². The zero-order valence-corrected chi connectivity index (χ0v) is 13.4. The molecule has 4 N–H and O–H groups in total. The summed E-state index contributed by atoms with van der Waals surface area (Å²) in [7, 11) is 0. The summed E-state index contributed by atoms with van der Waals surface area (Å²) < 4.78 is 0. The lowest BCUT2D eigenvalue weighted by atomic mass is 10.1. The molecular weight excluding hydrogens is 300 g/mol. The molecule has 118 valence electrons. The fourth-order valence-corrected chi connectivity index (χ4v) is 1.74. The Balaban J connectivity index is 0.00000242. The molecule has 5 nitrogen and oxygen atoms in total. The first-order valence-electron chi connectivity index (χ1n) is 6.91. The van der Waals surface area contributed by atoms with E-state index < -0.39 is 6.04 Å². The molecule has 0 fully saturated rings. The number of nitrogens with one attached hydrogen (secondary N) is 2. The number of nitrogens with two attached hydrogens (primary N) is 1. The minimum atomic E-state index is -0.521. The van der Waals surface area contributed by atoms with Gasteiger partial charge in [-0.1, -0.05) is 32.0 Å². The third kappa shape index (κ3) is 5.02. The van der Waals surface area contributed by atoms with Crippen molar-refractivity contribution in [3.63, 3.8) is 0 Å². The van der Waals surface area contributed by atoms with Crippen LogP contribution in [0.5, 0.6) is 0 Å². The molecule has 1 aromatic heterocycles. The lowest BCUT2D eigenvalue weighted by Crippen LogP contribution is -2.39. The highest BCUT2D eigenvalue weighted by Crippen LogP contribution is 2.16. The van der Waals surface area contributed by atoms with E-state index in [4.69, 9.17) is 5.73 Å². The van der Waals surface area contributed by atoms with Gasteiger partial charge in [-0.15, -0.1) is 12.4 Å². The van der Waals surface area contributed by atoms with Crippen LogP contribution in [0.3, 0.4) is 0 Å². The van der Waals surface area contributed by atoms with Crippen molar-refractivity contribution in [2.45, 2.75) is 19.9 Å². The third-order valence-electron chi connectivity index (χ3n) is 3.10. The number of nitrogens with zero attached hydrogens (tertiary/aromatic N) is 1. The molecule has 0 unspecified atom stereocenters. The van der Waals surface area contributed by atoms with Crippen LogP contribution in [0.1, 0.15) is 13.8 Å². The lowest BCUT2D eigenvalue weighted by molar-refractivity contribution is -0.118. The Morgan fingerprint density at radius 1 is 1.09 bits per heavy atom. The van der Waals surface area contributed by atoms with Crippen LogP contribution in [-0.2, 0) is 4.79 Å². The second kappa shape index (κ2) is 8.36. The molecule has 2 rings (SSSR count). The fraction of sp³-hybridized carbons (Fsp3) is 0.250. The number of hydrogen-bond acceptors (Lipinski definition) is 4. The Bertz CT molecular complexity index is 587. The van der Waals surface area contributed by atoms with Crippen LogP contribution < -0.4 is 16.4 Å². The molecule has 0 radical (unpaired) electrons. The van der Waals surface area contributed by atoms with E-state index >= 15 is 0 Å². The van der Waals surface area contributed by atoms with Crippen LogP contribution in [-0.4, -0.2) is 16.9 Å². The molecule has 0 saturated heterocycles. The summed E-state index contributed by atoms with van der Waals surface area (Å²) in [5.41, 5.74) is 7.39. The number of anilines is 3. The van der Waals surface area contributed by atoms with Gasteiger partial charge < -0.3 is 16.4 Å². The number of carbonyl (C=O) groups excluding carboxylic acids is 1. The Hall–Kier alpha value is -2.11. The van der Waals surface area contributed by atoms with Gasteiger partial charge in [0.15, 0.2) is 0 Å². The van der Waals surface area contributed by atoms with Crippen LogP contribution in [0.15, 0.2) is 48.7 Å². The zero-order chi connectivity index (χ0) is 15.2. The monoisotopic (exact) mass is 320 g/mol. The normalized spacial score (nSPS) is 11.5. The maximum Gasteiger partial charge on any atom is 0.241 e. The van der Waals surface area contributed by atoms with E-state index in [1.807, 2.05) is 50.2 Å². The Morgan fingerprint density at radius 3 is 2.32 bits per heavy atom. The highest BCUT2D eigenvalue weighted by Gasteiger charge is 2.17. The number of halogens is 1. The number of hydrogen-bond donors (Lipinski definition) is 3. The maximum atomic E-state index is 11.9. The molecular formula is C16H21ClN4O. The molecule has 0 aliphatic rings. The molecule has 0 aliphatic carbocycles. The Labute approximate surface area is 136 Å². The Morgan fingerprint density at radius 2 is 1.77 bits per heavy atom. The van der Waals surface area contributed by atoms with Crippen LogP contribution in [0.25, 0.3) is 0 Å². The molecule has 6 heteroatoms. The molecule has 1 aromatic carbocycles. The van der Waals surface area contributed by atoms with Crippen molar-refractivity contribution in [1.82, 2.24) is 4.98 Å². The number of rotatable bonds is 5. The summed E-state index contributed by atoms with van der Waals surface area (Å²) in [4.78, 5) is 16.1. The summed E-state index contributed by atoms with van der Waals surface area (Å²) in [6, 6.07) is 12.8. The number of amides is 1. The molecule has 1 heterocycles. The largest absolute Gasteiger partial charge is 0.340 e. The summed E-state index contributed by atoms with van der Waals surface area (Å²) in [6.07, 6.45) is 1.61. The highest BCUT2D eigenvalue weighted by molar-refractivity contribution is 5.94. The van der Waals surface area contributed by atoms with Crippen LogP contribution in [0.2, 0.25) is 0 Å². The van der Waals surface area contributed by atoms with Gasteiger partial charge in [-0.05, 0) is 30.2 Å². The maximum absolute atomic E-state index is 11.9. The standard InChI is InChI=1S/C16H20N4O.ClH/c1-11(2)15(17)16(21)20-13-8-9-14(18-10-13)19-12-6-4-3-5-7-12;/h3-11,15H,17H2,1-2H3,(H,18,19)(H,20,21);1H/t15-;/m0./s1. The molecule has 1 atom stereocenters. The minimum absolute atomic E-state index is 0. The number of carbonyl (C=O) groups is 1. The quantitative estimate of drug-likeness (QED) is 0.790. The zero-order valence-electron chi connectivity index (χ0n) is 12.6. The molecule has 0 bridgehead atoms. The molecule has 2 aromatic rings. The van der Waals surface area contributed by atoms with E-state index in [0.29, 0.717) is 11.5 Å². The van der Waals surface area contributed by atoms with Crippen molar-refractivity contribution in [3.05, 3.63) is 48.7 Å². The van der Waals surface area contributed by atoms with Crippen molar-refractivity contribution in [2.75, 3.05) is 10.6 Å². The molecule has 1 amide bonds. The summed E-state index contributed by atoms with van der Waals surface area (Å²) in [6.45, 7) is 3.82. The van der Waals surface area contributed by atoms with Crippen LogP contribution >= 0.6 is 12.4 Å². The van der Waals surface area contributed by atoms with Gasteiger partial charge in [0.05, 0.1) is 17.9 Å². The van der Waals surface area contributed by atoms with Crippen LogP contribution in [0, 0.1) is 5.92 Å². The van der Waals surface area contributed by atoms with E-state index in [1.54, 1.807) is 12.3 Å². The van der Waals surface area contributed by atoms with Crippen LogP contribution in [0.4, 0.5) is 17.2 Å². The number of aromatic nitrogens is 1. The van der Waals surface area contributed by atoms with Gasteiger partial charge in [0.2, 0.25) is 5.91 Å². The van der Waals surface area contributed by atoms with E-state index in [2.05, 4.69) is 15.6 Å². The predicted octanol–water partition coefficient (Wildman–Crippen LogP) is 3.17. The molecule has 22 heavy (non-hydrogen) atoms. The first-order chi connectivity index (χ1) is 10.1. The van der Waals surface area contributed by atoms with Gasteiger partial charge in [0.1, 0.15) is 5.82 Å². The van der Waals surface area contributed by atoms with Crippen molar-refractivity contribution in [2.24, 2.45) is 11.7 Å². The average molecular weight is 321 g/mol. The first-order valence-corrected chi connectivity index (χ1v) is 6.91. The lowest BCUT2D eigenvalue weighted by Gasteiger charge is -2.15. The van der Waals surface area contributed by atoms with Gasteiger partial charge in [-0.2, -0.15) is 0 Å². The smallest absolute Gasteiger partial charge is 0.241 e. The average Bonchev–Trinajstić information content (AvgIpc) is 2.49. The topological polar surface area (TPSA) is 80.0 Å². The van der Waals surface area contributed by atoms with Gasteiger partial charge in [-0.25, -0.2) is 4.98 Å². The van der Waals surface area contributed by atoms with Crippen molar-refractivity contribution in [1.29, 1.82) is 0 Å². The fourth-order valence-electron chi connectivity index (χ4n) is 1.74. The highest BCUT2D eigenvalue weighted by atomic mass is 35.5. The summed E-state index contributed by atoms with van der Waals surface area (Å²) in [5.74, 6) is 0.611. The SMILES string of the molecule is CC(C)[C@H](N)C(=O)Nc1ccc(Nc2ccccc2)nc1.Cl. The van der Waals surface area contributed by atoms with E-state index in [0.717, 1.165) is 5.69 Å². The van der Waals surface area contributed by atoms with E-state index in [9.17, 15) is 4.79 Å². The Kier molecular flexibility index (Phi) is 6.82. The van der Waals surface area contributed by atoms with Gasteiger partial charge in [0.25, 0.3) is 0 Å². The second-order valence-corrected chi connectivity index (χ2v) is 5.18. The second-order valence-electron chi connectivity index (χ2n) is 5.18. The first kappa shape index (κ1) is 17.9. The van der Waals surface area contributed by atoms with Gasteiger partial charge >= 0.3 is 0 Å². The number of benzene rings is 1. The number of para-hydroxylation sites is 1. The minimum Gasteiger partial charge on any atom is -0.340 e. The van der Waals surface area contributed by atoms with Crippen molar-refractivity contribution in [3.8, 4) is 0 Å². The predicted molar refractivity (Wildman–Crippen MR) is 92.7 cm³/mol. The van der Waals surface area contributed by atoms with Gasteiger partial charge in [0, 0.05) is 5.69 Å². The van der Waals surface area contributed by atoms with Crippen molar-refractivity contribution < 1.29 is 4.79 Å². The van der Waals surface area contributed by atoms with E-state index in [1.165, 1.54) is 0 Å².